The number of carbonyl (C=O) groups excluding carboxylic acids is 4. The number of allylic oxidation sites excluding steroid dienone is 6. The van der Waals surface area contributed by atoms with Gasteiger partial charge in [-0.05, 0) is 103 Å². The lowest BCUT2D eigenvalue weighted by molar-refractivity contribution is -0.116. The number of rotatable bonds is 8. The first kappa shape index (κ1) is 37.5. The molecule has 2 amide bonds. The molecule has 2 aliphatic rings. The Bertz CT molecular complexity index is 2190. The fourth-order valence-corrected chi connectivity index (χ4v) is 7.33. The Morgan fingerprint density at radius 1 is 0.686 bits per heavy atom. The van der Waals surface area contributed by atoms with Crippen LogP contribution in [-0.2, 0) is 9.59 Å². The van der Waals surface area contributed by atoms with E-state index in [4.69, 9.17) is 0 Å². The Kier molecular flexibility index (Phi) is 11.5. The van der Waals surface area contributed by atoms with Crippen molar-refractivity contribution in [3.63, 3.8) is 0 Å². The van der Waals surface area contributed by atoms with Crippen molar-refractivity contribution in [3.05, 3.63) is 116 Å². The van der Waals surface area contributed by atoms with Crippen LogP contribution in [0.25, 0.3) is 21.8 Å². The molecule has 6 rings (SSSR count). The second-order valence-corrected chi connectivity index (χ2v) is 15.0. The van der Waals surface area contributed by atoms with Crippen LogP contribution in [0.15, 0.2) is 105 Å². The lowest BCUT2D eigenvalue weighted by atomic mass is 9.92. The summed E-state index contributed by atoms with van der Waals surface area (Å²) in [6.07, 6.45) is 8.92. The van der Waals surface area contributed by atoms with Gasteiger partial charge in [0.25, 0.3) is 11.8 Å². The monoisotopic (exact) mass is 750 g/mol. The molecule has 0 atom stereocenters. The van der Waals surface area contributed by atoms with E-state index in [0.29, 0.717) is 47.2 Å². The first-order valence-corrected chi connectivity index (χ1v) is 18.2. The van der Waals surface area contributed by atoms with E-state index >= 15 is 0 Å². The Balaban J connectivity index is 0.000000198. The molecule has 266 valence electrons. The zero-order valence-corrected chi connectivity index (χ0v) is 32.3. The zero-order chi connectivity index (χ0) is 37.1. The molecule has 0 unspecified atom stereocenters. The van der Waals surface area contributed by atoms with Gasteiger partial charge in [0, 0.05) is 93.4 Å². The van der Waals surface area contributed by atoms with Crippen LogP contribution < -0.4 is 10.6 Å². The van der Waals surface area contributed by atoms with E-state index in [-0.39, 0.29) is 36.5 Å². The SMILES string of the molecule is CC1=CC(C)=C(CNC(=O)c2cc(Br)cc3c2ccn3C(C)C)C(=O)C1.CC1=CC(C)=C(CNC(=O)c2cccc3c2ccn3C(C)C)C(=O)C1. The smallest absolute Gasteiger partial charge is 0.252 e. The van der Waals surface area contributed by atoms with Crippen molar-refractivity contribution in [1.82, 2.24) is 19.8 Å². The van der Waals surface area contributed by atoms with Crippen LogP contribution in [-0.4, -0.2) is 45.6 Å². The summed E-state index contributed by atoms with van der Waals surface area (Å²) in [6, 6.07) is 14.2. The minimum atomic E-state index is -0.169. The highest BCUT2D eigenvalue weighted by Crippen LogP contribution is 2.29. The highest BCUT2D eigenvalue weighted by molar-refractivity contribution is 9.10. The van der Waals surface area contributed by atoms with Gasteiger partial charge in [0.2, 0.25) is 0 Å². The number of hydrogen-bond donors (Lipinski definition) is 2. The van der Waals surface area contributed by atoms with E-state index in [2.05, 4.69) is 63.4 Å². The predicted octanol–water partition coefficient (Wildman–Crippen LogP) is 9.14. The van der Waals surface area contributed by atoms with Gasteiger partial charge in [0.1, 0.15) is 0 Å². The summed E-state index contributed by atoms with van der Waals surface area (Å²) in [6.45, 7) is 16.7. The number of hydrogen-bond acceptors (Lipinski definition) is 4. The number of benzene rings is 2. The molecule has 8 nitrogen and oxygen atoms in total. The number of Topliss-reactive ketones (excluding diaryl/α,β-unsaturated/α-hetero) is 2. The van der Waals surface area contributed by atoms with Crippen molar-refractivity contribution >= 4 is 61.1 Å². The van der Waals surface area contributed by atoms with Crippen LogP contribution in [0.5, 0.6) is 0 Å². The minimum absolute atomic E-state index is 0.0909. The molecule has 2 N–H and O–H groups in total. The van der Waals surface area contributed by atoms with Crippen LogP contribution in [0.1, 0.15) is 101 Å². The number of carbonyl (C=O) groups is 4. The van der Waals surface area contributed by atoms with E-state index in [1.54, 1.807) is 0 Å². The summed E-state index contributed by atoms with van der Waals surface area (Å²) in [4.78, 5) is 50.0. The number of nitrogens with zero attached hydrogens (tertiary/aromatic N) is 2. The zero-order valence-electron chi connectivity index (χ0n) is 30.7. The van der Waals surface area contributed by atoms with Crippen LogP contribution in [0.2, 0.25) is 0 Å². The molecule has 4 aromatic rings. The molecule has 0 bridgehead atoms. The number of fused-ring (bicyclic) bond motifs is 2. The lowest BCUT2D eigenvalue weighted by Crippen LogP contribution is -2.29. The maximum absolute atomic E-state index is 12.8. The Morgan fingerprint density at radius 2 is 1.16 bits per heavy atom. The molecule has 0 fully saturated rings. The minimum Gasteiger partial charge on any atom is -0.348 e. The average Bonchev–Trinajstić information content (AvgIpc) is 3.68. The quantitative estimate of drug-likeness (QED) is 0.188. The van der Waals surface area contributed by atoms with Gasteiger partial charge in [-0.25, -0.2) is 0 Å². The molecule has 0 aliphatic heterocycles. The first-order valence-electron chi connectivity index (χ1n) is 17.4. The molecule has 0 spiro atoms. The Morgan fingerprint density at radius 3 is 1.65 bits per heavy atom. The third-order valence-electron chi connectivity index (χ3n) is 9.45. The van der Waals surface area contributed by atoms with Crippen molar-refractivity contribution in [2.75, 3.05) is 13.1 Å². The third kappa shape index (κ3) is 8.25. The second kappa shape index (κ2) is 15.6. The molecule has 2 aliphatic carbocycles. The van der Waals surface area contributed by atoms with Crippen LogP contribution in [0, 0.1) is 0 Å². The summed E-state index contributed by atoms with van der Waals surface area (Å²) < 4.78 is 5.15. The fraction of sp³-hybridized carbons (Fsp3) is 0.333. The predicted molar refractivity (Wildman–Crippen MR) is 209 cm³/mol. The number of ketones is 2. The lowest BCUT2D eigenvalue weighted by Gasteiger charge is -2.16. The van der Waals surface area contributed by atoms with Gasteiger partial charge >= 0.3 is 0 Å². The fourth-order valence-electron chi connectivity index (χ4n) is 6.88. The van der Waals surface area contributed by atoms with E-state index < -0.39 is 0 Å². The Hall–Kier alpha value is -4.76. The van der Waals surface area contributed by atoms with Gasteiger partial charge in [-0.1, -0.05) is 45.3 Å². The number of halogens is 1. The first-order chi connectivity index (χ1) is 24.2. The maximum Gasteiger partial charge on any atom is 0.252 e. The summed E-state index contributed by atoms with van der Waals surface area (Å²) in [5, 5.41) is 7.69. The molecular weight excluding hydrogens is 704 g/mol. The van der Waals surface area contributed by atoms with Gasteiger partial charge in [0.15, 0.2) is 11.6 Å². The third-order valence-corrected chi connectivity index (χ3v) is 9.91. The molecule has 51 heavy (non-hydrogen) atoms. The van der Waals surface area contributed by atoms with Crippen molar-refractivity contribution in [2.45, 2.75) is 80.3 Å². The second-order valence-electron chi connectivity index (χ2n) is 14.1. The van der Waals surface area contributed by atoms with Crippen LogP contribution >= 0.6 is 15.9 Å². The highest BCUT2D eigenvalue weighted by Gasteiger charge is 2.21. The summed E-state index contributed by atoms with van der Waals surface area (Å²) >= 11 is 3.51. The summed E-state index contributed by atoms with van der Waals surface area (Å²) in [5.41, 5.74) is 8.71. The van der Waals surface area contributed by atoms with E-state index in [1.807, 2.05) is 94.7 Å². The van der Waals surface area contributed by atoms with Gasteiger partial charge in [0.05, 0.1) is 5.52 Å². The summed E-state index contributed by atoms with van der Waals surface area (Å²) in [7, 11) is 0. The number of amides is 2. The van der Waals surface area contributed by atoms with Gasteiger partial charge in [-0.3, -0.25) is 19.2 Å². The van der Waals surface area contributed by atoms with Crippen molar-refractivity contribution < 1.29 is 19.2 Å². The normalized spacial score (nSPS) is 15.0. The number of aromatic nitrogens is 2. The van der Waals surface area contributed by atoms with Crippen LogP contribution in [0.4, 0.5) is 0 Å². The largest absolute Gasteiger partial charge is 0.348 e. The maximum atomic E-state index is 12.8. The van der Waals surface area contributed by atoms with Gasteiger partial charge in [-0.15, -0.1) is 0 Å². The topological polar surface area (TPSA) is 102 Å². The standard InChI is InChI=1S/C21H23BrN2O2.C21H24N2O2/c1-12(2)24-6-5-16-17(9-15(22)10-19(16)24)21(26)23-11-18-14(4)7-13(3)8-20(18)25;1-13(2)23-9-8-16-17(6-5-7-19(16)23)21(25)22-12-18-15(4)10-14(3)11-20(18)24/h5-7,9-10,12H,8,11H2,1-4H3,(H,23,26);5-10,13H,11-12H2,1-4H3,(H,22,25). The molecule has 0 radical (unpaired) electrons. The van der Waals surface area contributed by atoms with Gasteiger partial charge in [-0.2, -0.15) is 0 Å². The van der Waals surface area contributed by atoms with E-state index in [1.165, 1.54) is 0 Å². The molecule has 0 saturated carbocycles. The Labute approximate surface area is 308 Å². The molecule has 2 aromatic heterocycles. The van der Waals surface area contributed by atoms with Crippen molar-refractivity contribution in [3.8, 4) is 0 Å². The van der Waals surface area contributed by atoms with Crippen molar-refractivity contribution in [2.24, 2.45) is 0 Å². The average molecular weight is 752 g/mol. The molecule has 2 aromatic carbocycles. The van der Waals surface area contributed by atoms with Crippen LogP contribution in [0.3, 0.4) is 0 Å². The molecule has 0 saturated heterocycles. The molecule has 2 heterocycles. The molecular formula is C42H47BrN4O4. The number of nitrogens with one attached hydrogen (secondary N) is 2. The van der Waals surface area contributed by atoms with E-state index in [9.17, 15) is 19.2 Å². The summed E-state index contributed by atoms with van der Waals surface area (Å²) in [5.74, 6) is -0.126. The molecule has 9 heteroatoms. The van der Waals surface area contributed by atoms with E-state index in [0.717, 1.165) is 48.6 Å². The highest BCUT2D eigenvalue weighted by atomic mass is 79.9. The van der Waals surface area contributed by atoms with Crippen molar-refractivity contribution in [1.29, 1.82) is 0 Å². The van der Waals surface area contributed by atoms with Gasteiger partial charge < -0.3 is 19.8 Å².